The molecule has 5 heteroatoms. The molecular formula is C14H24N4O. The maximum absolute atomic E-state index is 5.50. The summed E-state index contributed by atoms with van der Waals surface area (Å²) in [7, 11) is 3.68. The zero-order valence-electron chi connectivity index (χ0n) is 11.8. The molecule has 106 valence electrons. The first-order valence-electron chi connectivity index (χ1n) is 6.53. The van der Waals surface area contributed by atoms with Crippen LogP contribution in [0.15, 0.2) is 35.3 Å². The molecule has 1 rings (SSSR count). The number of nitrogens with one attached hydrogen (secondary N) is 1. The Labute approximate surface area is 115 Å². The molecule has 0 aromatic heterocycles. The second kappa shape index (κ2) is 9.35. The van der Waals surface area contributed by atoms with E-state index >= 15 is 0 Å². The number of guanidine groups is 1. The molecule has 19 heavy (non-hydrogen) atoms. The van der Waals surface area contributed by atoms with Crippen LogP contribution >= 0.6 is 0 Å². The molecule has 0 saturated heterocycles. The molecule has 0 amide bonds. The number of methoxy groups -OCH3 is 1. The van der Waals surface area contributed by atoms with E-state index in [2.05, 4.69) is 34.7 Å². The van der Waals surface area contributed by atoms with Crippen molar-refractivity contribution in [3.8, 4) is 0 Å². The van der Waals surface area contributed by atoms with Gasteiger partial charge in [-0.3, -0.25) is 10.4 Å². The first-order valence-corrected chi connectivity index (χ1v) is 6.53. The van der Waals surface area contributed by atoms with Crippen LogP contribution in [0, 0.1) is 0 Å². The van der Waals surface area contributed by atoms with Crippen molar-refractivity contribution in [1.29, 1.82) is 0 Å². The van der Waals surface area contributed by atoms with Crippen molar-refractivity contribution in [3.63, 3.8) is 0 Å². The van der Waals surface area contributed by atoms with Gasteiger partial charge in [0.25, 0.3) is 0 Å². The standard InChI is InChI=1S/C14H24N4O/c1-18(11-9-13-7-4-3-5-8-13)14(17-15)16-10-6-12-19-2/h3-5,7-8H,6,9-12,15H2,1-2H3,(H,16,17). The number of ether oxygens (including phenoxy) is 1. The number of benzene rings is 1. The quantitative estimate of drug-likeness (QED) is 0.254. The number of hydrogen-bond acceptors (Lipinski definition) is 3. The number of aliphatic imine (C=N–C) groups is 1. The molecule has 0 aliphatic carbocycles. The summed E-state index contributed by atoms with van der Waals surface area (Å²) < 4.78 is 4.99. The highest BCUT2D eigenvalue weighted by molar-refractivity contribution is 5.79. The summed E-state index contributed by atoms with van der Waals surface area (Å²) in [6.07, 6.45) is 1.87. The molecule has 0 atom stereocenters. The predicted molar refractivity (Wildman–Crippen MR) is 78.9 cm³/mol. The number of rotatable bonds is 7. The largest absolute Gasteiger partial charge is 0.385 e. The van der Waals surface area contributed by atoms with Crippen LogP contribution in [0.4, 0.5) is 0 Å². The lowest BCUT2D eigenvalue weighted by Gasteiger charge is -2.20. The molecule has 3 N–H and O–H groups in total. The zero-order chi connectivity index (χ0) is 13.9. The van der Waals surface area contributed by atoms with Crippen molar-refractivity contribution in [2.24, 2.45) is 10.8 Å². The molecule has 0 spiro atoms. The molecule has 0 aliphatic rings. The van der Waals surface area contributed by atoms with Crippen LogP contribution < -0.4 is 11.3 Å². The average molecular weight is 264 g/mol. The highest BCUT2D eigenvalue weighted by Gasteiger charge is 2.04. The van der Waals surface area contributed by atoms with Gasteiger partial charge in [-0.2, -0.15) is 0 Å². The topological polar surface area (TPSA) is 62.9 Å². The molecule has 0 saturated carbocycles. The maximum Gasteiger partial charge on any atom is 0.208 e. The van der Waals surface area contributed by atoms with Gasteiger partial charge < -0.3 is 9.64 Å². The molecule has 0 radical (unpaired) electrons. The van der Waals surface area contributed by atoms with E-state index in [4.69, 9.17) is 10.6 Å². The van der Waals surface area contributed by atoms with Gasteiger partial charge >= 0.3 is 0 Å². The average Bonchev–Trinajstić information content (AvgIpc) is 2.46. The molecule has 0 fully saturated rings. The van der Waals surface area contributed by atoms with E-state index in [0.29, 0.717) is 12.5 Å². The minimum Gasteiger partial charge on any atom is -0.385 e. The van der Waals surface area contributed by atoms with E-state index < -0.39 is 0 Å². The summed E-state index contributed by atoms with van der Waals surface area (Å²) in [4.78, 5) is 6.45. The van der Waals surface area contributed by atoms with Gasteiger partial charge in [0.2, 0.25) is 5.96 Å². The van der Waals surface area contributed by atoms with Crippen LogP contribution in [0.3, 0.4) is 0 Å². The molecule has 0 unspecified atom stereocenters. The third-order valence-electron chi connectivity index (χ3n) is 2.84. The Morgan fingerprint density at radius 2 is 2.11 bits per heavy atom. The Morgan fingerprint density at radius 3 is 2.74 bits per heavy atom. The van der Waals surface area contributed by atoms with Gasteiger partial charge in [-0.05, 0) is 18.4 Å². The Kier molecular flexibility index (Phi) is 7.62. The van der Waals surface area contributed by atoms with Crippen molar-refractivity contribution < 1.29 is 4.74 Å². The lowest BCUT2D eigenvalue weighted by atomic mass is 10.1. The fourth-order valence-corrected chi connectivity index (χ4v) is 1.72. The van der Waals surface area contributed by atoms with Gasteiger partial charge in [0.15, 0.2) is 0 Å². The van der Waals surface area contributed by atoms with Crippen LogP contribution in [0.25, 0.3) is 0 Å². The zero-order valence-corrected chi connectivity index (χ0v) is 11.8. The predicted octanol–water partition coefficient (Wildman–Crippen LogP) is 1.02. The number of likely N-dealkylation sites (N-methyl/N-ethyl adjacent to an activating group) is 1. The van der Waals surface area contributed by atoms with Crippen LogP contribution in [0.1, 0.15) is 12.0 Å². The van der Waals surface area contributed by atoms with E-state index in [1.54, 1.807) is 7.11 Å². The fraction of sp³-hybridized carbons (Fsp3) is 0.500. The summed E-state index contributed by atoms with van der Waals surface area (Å²) in [6, 6.07) is 10.4. The molecule has 1 aromatic rings. The number of hydrogen-bond donors (Lipinski definition) is 2. The van der Waals surface area contributed by atoms with E-state index in [-0.39, 0.29) is 0 Å². The van der Waals surface area contributed by atoms with Crippen LogP contribution in [-0.2, 0) is 11.2 Å². The Hall–Kier alpha value is -1.59. The number of nitrogens with two attached hydrogens (primary N) is 1. The van der Waals surface area contributed by atoms with Gasteiger partial charge in [0.1, 0.15) is 0 Å². The first kappa shape index (κ1) is 15.5. The molecule has 5 nitrogen and oxygen atoms in total. The Bertz CT molecular complexity index is 367. The van der Waals surface area contributed by atoms with Gasteiger partial charge in [0.05, 0.1) is 0 Å². The summed E-state index contributed by atoms with van der Waals surface area (Å²) in [6.45, 7) is 2.30. The maximum atomic E-state index is 5.50. The summed E-state index contributed by atoms with van der Waals surface area (Å²) in [5, 5.41) is 0. The first-order chi connectivity index (χ1) is 9.27. The van der Waals surface area contributed by atoms with Crippen LogP contribution in [-0.4, -0.2) is 44.7 Å². The number of hydrazine groups is 1. The third kappa shape index (κ3) is 6.22. The molecule has 0 bridgehead atoms. The Balaban J connectivity index is 2.38. The third-order valence-corrected chi connectivity index (χ3v) is 2.84. The molecular weight excluding hydrogens is 240 g/mol. The normalized spacial score (nSPS) is 11.4. The second-order valence-corrected chi connectivity index (χ2v) is 4.35. The van der Waals surface area contributed by atoms with E-state index in [1.165, 1.54) is 5.56 Å². The summed E-state index contributed by atoms with van der Waals surface area (Å²) in [5.74, 6) is 6.22. The van der Waals surface area contributed by atoms with Crippen molar-refractivity contribution in [3.05, 3.63) is 35.9 Å². The lowest BCUT2D eigenvalue weighted by molar-refractivity contribution is 0.197. The second-order valence-electron chi connectivity index (χ2n) is 4.35. The van der Waals surface area contributed by atoms with Crippen LogP contribution in [0.2, 0.25) is 0 Å². The highest BCUT2D eigenvalue weighted by atomic mass is 16.5. The highest BCUT2D eigenvalue weighted by Crippen LogP contribution is 2.00. The minimum atomic E-state index is 0.711. The molecule has 1 aromatic carbocycles. The smallest absolute Gasteiger partial charge is 0.208 e. The summed E-state index contributed by atoms with van der Waals surface area (Å²) in [5.41, 5.74) is 3.96. The van der Waals surface area contributed by atoms with Gasteiger partial charge in [-0.15, -0.1) is 0 Å². The van der Waals surface area contributed by atoms with Crippen molar-refractivity contribution in [2.45, 2.75) is 12.8 Å². The van der Waals surface area contributed by atoms with Crippen molar-refractivity contribution >= 4 is 5.96 Å². The summed E-state index contributed by atoms with van der Waals surface area (Å²) >= 11 is 0. The van der Waals surface area contributed by atoms with Crippen molar-refractivity contribution in [2.75, 3.05) is 33.9 Å². The molecule has 0 aliphatic heterocycles. The molecule has 0 heterocycles. The van der Waals surface area contributed by atoms with E-state index in [1.807, 2.05) is 18.0 Å². The van der Waals surface area contributed by atoms with E-state index in [0.717, 1.165) is 26.0 Å². The lowest BCUT2D eigenvalue weighted by Crippen LogP contribution is -2.43. The van der Waals surface area contributed by atoms with Gasteiger partial charge in [-0.25, -0.2) is 5.84 Å². The minimum absolute atomic E-state index is 0.711. The Morgan fingerprint density at radius 1 is 1.37 bits per heavy atom. The number of nitrogens with zero attached hydrogens (tertiary/aromatic N) is 2. The van der Waals surface area contributed by atoms with Crippen molar-refractivity contribution in [1.82, 2.24) is 10.3 Å². The monoisotopic (exact) mass is 264 g/mol. The van der Waals surface area contributed by atoms with E-state index in [9.17, 15) is 0 Å². The van der Waals surface area contributed by atoms with Gasteiger partial charge in [-0.1, -0.05) is 30.3 Å². The fourth-order valence-electron chi connectivity index (χ4n) is 1.72. The van der Waals surface area contributed by atoms with Gasteiger partial charge in [0, 0.05) is 33.9 Å². The SMILES string of the molecule is COCCCN=C(NN)N(C)CCc1ccccc1. The van der Waals surface area contributed by atoms with Crippen LogP contribution in [0.5, 0.6) is 0 Å².